The number of rotatable bonds is 9. The number of esters is 1. The number of ether oxygens (including phenoxy) is 2. The molecule has 0 aromatic heterocycles. The van der Waals surface area contributed by atoms with E-state index in [9.17, 15) is 9.59 Å². The van der Waals surface area contributed by atoms with E-state index in [2.05, 4.69) is 39.2 Å². The van der Waals surface area contributed by atoms with Crippen molar-refractivity contribution in [3.05, 3.63) is 35.9 Å². The SMILES string of the molecule is CC(CC[C@H](NC(=O)OC(C)(C)C)C(=O)OCc1ccccc1)O[Si](C)(C)C(C)(C)C. The first-order valence-corrected chi connectivity index (χ1v) is 13.9. The van der Waals surface area contributed by atoms with Crippen LogP contribution in [0.3, 0.4) is 0 Å². The van der Waals surface area contributed by atoms with Crippen LogP contribution in [-0.4, -0.2) is 38.1 Å². The van der Waals surface area contributed by atoms with Gasteiger partial charge in [0.25, 0.3) is 0 Å². The van der Waals surface area contributed by atoms with Crippen LogP contribution in [0, 0.1) is 0 Å². The Bertz CT molecular complexity index is 707. The molecular weight excluding hydrogens is 410 g/mol. The minimum Gasteiger partial charge on any atom is -0.459 e. The maximum Gasteiger partial charge on any atom is 0.408 e. The lowest BCUT2D eigenvalue weighted by molar-refractivity contribution is -0.147. The quantitative estimate of drug-likeness (QED) is 0.379. The normalized spacial score (nSPS) is 14.5. The molecule has 1 N–H and O–H groups in total. The number of carbonyl (C=O) groups excluding carboxylic acids is 2. The van der Waals surface area contributed by atoms with Gasteiger partial charge in [0.15, 0.2) is 8.32 Å². The third-order valence-electron chi connectivity index (χ3n) is 5.36. The molecule has 7 heteroatoms. The second kappa shape index (κ2) is 11.1. The fraction of sp³-hybridized carbons (Fsp3) is 0.667. The van der Waals surface area contributed by atoms with E-state index in [4.69, 9.17) is 13.9 Å². The van der Waals surface area contributed by atoms with Crippen molar-refractivity contribution in [2.45, 2.75) is 104 Å². The zero-order chi connectivity index (χ0) is 23.9. The molecule has 0 fully saturated rings. The number of alkyl carbamates (subject to hydrolysis) is 1. The van der Waals surface area contributed by atoms with Gasteiger partial charge in [0, 0.05) is 6.10 Å². The van der Waals surface area contributed by atoms with Crippen LogP contribution in [0.5, 0.6) is 0 Å². The molecule has 0 saturated carbocycles. The molecule has 2 atom stereocenters. The summed E-state index contributed by atoms with van der Waals surface area (Å²) in [6, 6.07) is 8.65. The van der Waals surface area contributed by atoms with Crippen LogP contribution >= 0.6 is 0 Å². The number of hydrogen-bond donors (Lipinski definition) is 1. The molecule has 0 bridgehead atoms. The number of nitrogens with one attached hydrogen (secondary N) is 1. The van der Waals surface area contributed by atoms with Crippen LogP contribution in [-0.2, 0) is 25.3 Å². The van der Waals surface area contributed by atoms with E-state index in [-0.39, 0.29) is 17.7 Å². The first-order chi connectivity index (χ1) is 14.1. The topological polar surface area (TPSA) is 73.9 Å². The Morgan fingerprint density at radius 2 is 1.58 bits per heavy atom. The zero-order valence-corrected chi connectivity index (χ0v) is 21.7. The zero-order valence-electron chi connectivity index (χ0n) is 20.7. The van der Waals surface area contributed by atoms with Gasteiger partial charge in [-0.3, -0.25) is 0 Å². The maximum atomic E-state index is 12.8. The summed E-state index contributed by atoms with van der Waals surface area (Å²) in [5.74, 6) is -0.478. The predicted molar refractivity (Wildman–Crippen MR) is 126 cm³/mol. The Labute approximate surface area is 189 Å². The van der Waals surface area contributed by atoms with Gasteiger partial charge in [-0.05, 0) is 64.2 Å². The van der Waals surface area contributed by atoms with Gasteiger partial charge in [0.1, 0.15) is 18.2 Å². The smallest absolute Gasteiger partial charge is 0.408 e. The molecule has 0 aliphatic carbocycles. The minimum atomic E-state index is -1.92. The van der Waals surface area contributed by atoms with E-state index in [0.29, 0.717) is 12.8 Å². The molecule has 0 heterocycles. The summed E-state index contributed by atoms with van der Waals surface area (Å²) in [4.78, 5) is 25.0. The Hall–Kier alpha value is -1.86. The molecule has 1 rings (SSSR count). The molecule has 0 spiro atoms. The van der Waals surface area contributed by atoms with Gasteiger partial charge in [-0.2, -0.15) is 0 Å². The van der Waals surface area contributed by atoms with Crippen LogP contribution in [0.1, 0.15) is 66.9 Å². The highest BCUT2D eigenvalue weighted by Gasteiger charge is 2.38. The monoisotopic (exact) mass is 451 g/mol. The van der Waals surface area contributed by atoms with E-state index >= 15 is 0 Å². The molecule has 1 aromatic carbocycles. The molecule has 0 saturated heterocycles. The van der Waals surface area contributed by atoms with Crippen molar-refractivity contribution < 1.29 is 23.5 Å². The van der Waals surface area contributed by atoms with Crippen molar-refractivity contribution >= 4 is 20.4 Å². The highest BCUT2D eigenvalue weighted by molar-refractivity contribution is 6.74. The first kappa shape index (κ1) is 27.2. The standard InChI is InChI=1S/C24H41NO5Si/c1-18(30-31(8,9)24(5,6)7)15-16-20(25-22(27)29-23(2,3)4)21(26)28-17-19-13-11-10-12-14-19/h10-14,18,20H,15-17H2,1-9H3,(H,25,27)/t18?,20-/m0/s1. The van der Waals surface area contributed by atoms with Gasteiger partial charge in [-0.15, -0.1) is 0 Å². The fourth-order valence-electron chi connectivity index (χ4n) is 2.67. The van der Waals surface area contributed by atoms with Crippen LogP contribution in [0.25, 0.3) is 0 Å². The summed E-state index contributed by atoms with van der Waals surface area (Å²) in [7, 11) is -1.92. The Morgan fingerprint density at radius 1 is 1.00 bits per heavy atom. The van der Waals surface area contributed by atoms with Gasteiger partial charge < -0.3 is 19.2 Å². The van der Waals surface area contributed by atoms with Crippen molar-refractivity contribution in [3.8, 4) is 0 Å². The molecule has 31 heavy (non-hydrogen) atoms. The fourth-order valence-corrected chi connectivity index (χ4v) is 4.15. The van der Waals surface area contributed by atoms with Crippen LogP contribution in [0.2, 0.25) is 18.1 Å². The van der Waals surface area contributed by atoms with E-state index in [1.807, 2.05) is 37.3 Å². The van der Waals surface area contributed by atoms with Gasteiger partial charge in [-0.1, -0.05) is 51.1 Å². The summed E-state index contributed by atoms with van der Waals surface area (Å²) < 4.78 is 17.2. The Kier molecular flexibility index (Phi) is 9.76. The summed E-state index contributed by atoms with van der Waals surface area (Å²) in [6.07, 6.45) is 0.355. The lowest BCUT2D eigenvalue weighted by Crippen LogP contribution is -2.46. The Morgan fingerprint density at radius 3 is 2.10 bits per heavy atom. The van der Waals surface area contributed by atoms with E-state index in [1.165, 1.54) is 0 Å². The summed E-state index contributed by atoms with van der Waals surface area (Å²) in [5, 5.41) is 2.78. The molecule has 1 amide bonds. The first-order valence-electron chi connectivity index (χ1n) is 11.0. The van der Waals surface area contributed by atoms with Gasteiger partial charge in [-0.25, -0.2) is 9.59 Å². The van der Waals surface area contributed by atoms with Gasteiger partial charge >= 0.3 is 12.1 Å². The van der Waals surface area contributed by atoms with Crippen LogP contribution < -0.4 is 5.32 Å². The summed E-state index contributed by atoms with van der Waals surface area (Å²) in [5.41, 5.74) is 0.239. The number of benzene rings is 1. The third kappa shape index (κ3) is 10.3. The molecule has 0 aliphatic rings. The molecule has 0 radical (unpaired) electrons. The van der Waals surface area contributed by atoms with Crippen molar-refractivity contribution in [1.29, 1.82) is 0 Å². The lowest BCUT2D eigenvalue weighted by atomic mass is 10.1. The average Bonchev–Trinajstić information content (AvgIpc) is 2.61. The van der Waals surface area contributed by atoms with Gasteiger partial charge in [0.05, 0.1) is 0 Å². The van der Waals surface area contributed by atoms with E-state index < -0.39 is 32.0 Å². The van der Waals surface area contributed by atoms with Crippen molar-refractivity contribution in [3.63, 3.8) is 0 Å². The number of amides is 1. The van der Waals surface area contributed by atoms with Crippen LogP contribution in [0.4, 0.5) is 4.79 Å². The highest BCUT2D eigenvalue weighted by Crippen LogP contribution is 2.37. The van der Waals surface area contributed by atoms with Crippen molar-refractivity contribution in [2.75, 3.05) is 0 Å². The van der Waals surface area contributed by atoms with Gasteiger partial charge in [0.2, 0.25) is 0 Å². The molecule has 6 nitrogen and oxygen atoms in total. The average molecular weight is 452 g/mol. The molecular formula is C24H41NO5Si. The predicted octanol–water partition coefficient (Wildman–Crippen LogP) is 5.81. The minimum absolute atomic E-state index is 0.0363. The lowest BCUT2D eigenvalue weighted by Gasteiger charge is -2.38. The number of carbonyl (C=O) groups is 2. The maximum absolute atomic E-state index is 12.8. The molecule has 1 unspecified atom stereocenters. The summed E-state index contributed by atoms with van der Waals surface area (Å²) >= 11 is 0. The highest BCUT2D eigenvalue weighted by atomic mass is 28.4. The Balaban J connectivity index is 2.77. The largest absolute Gasteiger partial charge is 0.459 e. The van der Waals surface area contributed by atoms with E-state index in [0.717, 1.165) is 5.56 Å². The van der Waals surface area contributed by atoms with Crippen molar-refractivity contribution in [2.24, 2.45) is 0 Å². The summed E-state index contributed by atoms with van der Waals surface area (Å²) in [6.45, 7) is 18.5. The second-order valence-corrected chi connectivity index (χ2v) is 15.3. The molecule has 176 valence electrons. The third-order valence-corrected chi connectivity index (χ3v) is 9.97. The number of hydrogen-bond acceptors (Lipinski definition) is 5. The molecule has 1 aromatic rings. The van der Waals surface area contributed by atoms with Crippen molar-refractivity contribution in [1.82, 2.24) is 5.32 Å². The van der Waals surface area contributed by atoms with Crippen LogP contribution in [0.15, 0.2) is 30.3 Å². The molecule has 0 aliphatic heterocycles. The second-order valence-electron chi connectivity index (χ2n) is 10.6. The van der Waals surface area contributed by atoms with E-state index in [1.54, 1.807) is 20.8 Å².